The lowest BCUT2D eigenvalue weighted by Crippen LogP contribution is -2.10. The number of nitrogens with one attached hydrogen (secondary N) is 3. The van der Waals surface area contributed by atoms with Crippen molar-refractivity contribution in [1.29, 1.82) is 0 Å². The van der Waals surface area contributed by atoms with Crippen LogP contribution < -0.4 is 11.1 Å². The van der Waals surface area contributed by atoms with E-state index in [1.807, 2.05) is 12.4 Å². The quantitative estimate of drug-likeness (QED) is 0.312. The molecule has 7 heteroatoms. The van der Waals surface area contributed by atoms with E-state index in [2.05, 4.69) is 92.9 Å². The van der Waals surface area contributed by atoms with Crippen LogP contribution in [0.25, 0.3) is 21.8 Å². The lowest BCUT2D eigenvalue weighted by atomic mass is 10.1. The normalized spacial score (nSPS) is 11.6. The second-order valence-corrected chi connectivity index (χ2v) is 8.47. The summed E-state index contributed by atoms with van der Waals surface area (Å²) in [6.07, 6.45) is 6.55. The summed E-state index contributed by atoms with van der Waals surface area (Å²) in [4.78, 5) is 17.7. The first-order chi connectivity index (χ1) is 15.5. The number of anilines is 2. The first kappa shape index (κ1) is 20.1. The minimum atomic E-state index is 0.506. The Hall–Kier alpha value is -3.84. The Morgan fingerprint density at radius 3 is 2.66 bits per heavy atom. The smallest absolute Gasteiger partial charge is 0.224 e. The zero-order valence-corrected chi connectivity index (χ0v) is 18.3. The molecule has 0 saturated heterocycles. The molecule has 5 rings (SSSR count). The van der Waals surface area contributed by atoms with Crippen LogP contribution in [0.4, 0.5) is 11.8 Å². The molecule has 0 bridgehead atoms. The van der Waals surface area contributed by atoms with Crippen molar-refractivity contribution >= 4 is 33.6 Å². The molecule has 0 aliphatic carbocycles. The van der Waals surface area contributed by atoms with Crippen molar-refractivity contribution in [2.24, 2.45) is 0 Å². The Morgan fingerprint density at radius 1 is 0.969 bits per heavy atom. The van der Waals surface area contributed by atoms with Gasteiger partial charge >= 0.3 is 0 Å². The summed E-state index contributed by atoms with van der Waals surface area (Å²) < 4.78 is 0. The Kier molecular flexibility index (Phi) is 5.25. The van der Waals surface area contributed by atoms with Crippen LogP contribution in [-0.2, 0) is 19.5 Å². The van der Waals surface area contributed by atoms with Gasteiger partial charge in [-0.15, -0.1) is 0 Å². The monoisotopic (exact) mass is 425 g/mol. The van der Waals surface area contributed by atoms with Gasteiger partial charge in [-0.3, -0.25) is 0 Å². The van der Waals surface area contributed by atoms with E-state index in [4.69, 9.17) is 5.73 Å². The molecule has 0 aliphatic rings. The molecule has 0 unspecified atom stereocenters. The molecular formula is C25H27N7. The van der Waals surface area contributed by atoms with Crippen LogP contribution in [0.5, 0.6) is 0 Å². The minimum Gasteiger partial charge on any atom is -0.383 e. The van der Waals surface area contributed by atoms with Gasteiger partial charge in [-0.1, -0.05) is 12.1 Å². The fourth-order valence-electron chi connectivity index (χ4n) is 4.06. The maximum atomic E-state index is 6.25. The summed E-state index contributed by atoms with van der Waals surface area (Å²) in [6, 6.07) is 14.9. The maximum absolute atomic E-state index is 6.25. The first-order valence-electron chi connectivity index (χ1n) is 10.7. The number of H-pyrrole nitrogens is 2. The highest BCUT2D eigenvalue weighted by atomic mass is 15.1. The summed E-state index contributed by atoms with van der Waals surface area (Å²) in [7, 11) is 4.16. The average molecular weight is 426 g/mol. The van der Waals surface area contributed by atoms with Gasteiger partial charge in [-0.05, 0) is 66.5 Å². The largest absolute Gasteiger partial charge is 0.383 e. The number of aromatic nitrogens is 4. The molecule has 5 N–H and O–H groups in total. The van der Waals surface area contributed by atoms with Crippen LogP contribution in [0.15, 0.2) is 61.1 Å². The Morgan fingerprint density at radius 2 is 1.81 bits per heavy atom. The van der Waals surface area contributed by atoms with Crippen molar-refractivity contribution in [3.05, 3.63) is 83.3 Å². The molecule has 7 nitrogen and oxygen atoms in total. The van der Waals surface area contributed by atoms with Gasteiger partial charge in [0.2, 0.25) is 5.95 Å². The molecule has 0 spiro atoms. The van der Waals surface area contributed by atoms with E-state index in [1.54, 1.807) is 0 Å². The van der Waals surface area contributed by atoms with Crippen molar-refractivity contribution in [1.82, 2.24) is 24.8 Å². The molecule has 0 amide bonds. The number of hydrogen-bond acceptors (Lipinski definition) is 5. The van der Waals surface area contributed by atoms with Crippen LogP contribution in [-0.4, -0.2) is 38.9 Å². The van der Waals surface area contributed by atoms with Crippen molar-refractivity contribution in [3.8, 4) is 0 Å². The van der Waals surface area contributed by atoms with Gasteiger partial charge in [0.05, 0.1) is 0 Å². The summed E-state index contributed by atoms with van der Waals surface area (Å²) in [5, 5.41) is 5.74. The number of aromatic amines is 2. The van der Waals surface area contributed by atoms with Gasteiger partial charge in [0, 0.05) is 60.1 Å². The lowest BCUT2D eigenvalue weighted by Gasteiger charge is -2.10. The highest BCUT2D eigenvalue weighted by molar-refractivity contribution is 5.84. The van der Waals surface area contributed by atoms with E-state index in [0.717, 1.165) is 23.1 Å². The third kappa shape index (κ3) is 4.15. The topological polar surface area (TPSA) is 98.7 Å². The molecule has 3 heterocycles. The predicted octanol–water partition coefficient (Wildman–Crippen LogP) is 4.29. The second kappa shape index (κ2) is 8.36. The summed E-state index contributed by atoms with van der Waals surface area (Å²) in [6.45, 7) is 1.53. The van der Waals surface area contributed by atoms with E-state index < -0.39 is 0 Å². The highest BCUT2D eigenvalue weighted by Gasteiger charge is 2.09. The van der Waals surface area contributed by atoms with Crippen molar-refractivity contribution < 1.29 is 0 Å². The van der Waals surface area contributed by atoms with Crippen molar-refractivity contribution in [2.75, 3.05) is 25.1 Å². The fraction of sp³-hybridized carbons (Fsp3) is 0.200. The molecule has 32 heavy (non-hydrogen) atoms. The van der Waals surface area contributed by atoms with E-state index in [1.165, 1.54) is 27.5 Å². The lowest BCUT2D eigenvalue weighted by molar-refractivity contribution is 0.404. The highest BCUT2D eigenvalue weighted by Crippen LogP contribution is 2.22. The van der Waals surface area contributed by atoms with Crippen LogP contribution in [0, 0.1) is 0 Å². The van der Waals surface area contributed by atoms with Gasteiger partial charge in [0.15, 0.2) is 0 Å². The Labute approximate surface area is 186 Å². The third-order valence-electron chi connectivity index (χ3n) is 5.68. The van der Waals surface area contributed by atoms with E-state index in [0.29, 0.717) is 24.7 Å². The first-order valence-corrected chi connectivity index (χ1v) is 10.7. The molecular weight excluding hydrogens is 398 g/mol. The number of fused-ring (bicyclic) bond motifs is 2. The molecule has 0 fully saturated rings. The molecule has 0 saturated carbocycles. The van der Waals surface area contributed by atoms with Gasteiger partial charge in [-0.25, -0.2) is 4.98 Å². The van der Waals surface area contributed by atoms with Crippen molar-refractivity contribution in [2.45, 2.75) is 19.5 Å². The van der Waals surface area contributed by atoms with Crippen LogP contribution in [0.3, 0.4) is 0 Å². The standard InChI is InChI=1S/C25H27N7/c1-32(2)15-20-14-28-23-6-4-17(11-21(20)23)12-29-25-30-13-19(24(26)31-25)10-16-3-5-22-18(9-16)7-8-27-22/h3-9,11,13-14,27-28H,10,12,15H2,1-2H3,(H3,26,29,30,31). The minimum absolute atomic E-state index is 0.506. The Bertz CT molecular complexity index is 1380. The van der Waals surface area contributed by atoms with Gasteiger partial charge in [0.25, 0.3) is 0 Å². The average Bonchev–Trinajstić information content (AvgIpc) is 3.40. The van der Waals surface area contributed by atoms with Crippen molar-refractivity contribution in [3.63, 3.8) is 0 Å². The number of nitrogen functional groups attached to an aromatic ring is 1. The zero-order chi connectivity index (χ0) is 22.1. The second-order valence-electron chi connectivity index (χ2n) is 8.47. The molecule has 0 atom stereocenters. The summed E-state index contributed by atoms with van der Waals surface area (Å²) in [5.41, 5.74) is 13.1. The molecule has 0 aliphatic heterocycles. The number of nitrogens with zero attached hydrogens (tertiary/aromatic N) is 3. The maximum Gasteiger partial charge on any atom is 0.224 e. The van der Waals surface area contributed by atoms with Crippen LogP contribution >= 0.6 is 0 Å². The molecule has 0 radical (unpaired) electrons. The number of hydrogen-bond donors (Lipinski definition) is 4. The van der Waals surface area contributed by atoms with Crippen LogP contribution in [0.2, 0.25) is 0 Å². The van der Waals surface area contributed by atoms with E-state index in [9.17, 15) is 0 Å². The molecule has 162 valence electrons. The fourth-order valence-corrected chi connectivity index (χ4v) is 4.06. The number of benzene rings is 2. The summed E-state index contributed by atoms with van der Waals surface area (Å²) >= 11 is 0. The third-order valence-corrected chi connectivity index (χ3v) is 5.68. The summed E-state index contributed by atoms with van der Waals surface area (Å²) in [5.74, 6) is 1.04. The zero-order valence-electron chi connectivity index (χ0n) is 18.3. The van der Waals surface area contributed by atoms with Gasteiger partial charge in [0.1, 0.15) is 5.82 Å². The van der Waals surface area contributed by atoms with Crippen LogP contribution in [0.1, 0.15) is 22.3 Å². The Balaban J connectivity index is 1.28. The van der Waals surface area contributed by atoms with Gasteiger partial charge < -0.3 is 25.9 Å². The van der Waals surface area contributed by atoms with E-state index in [-0.39, 0.29) is 0 Å². The molecule has 5 aromatic rings. The van der Waals surface area contributed by atoms with E-state index >= 15 is 0 Å². The molecule has 2 aromatic carbocycles. The number of rotatable bonds is 7. The predicted molar refractivity (Wildman–Crippen MR) is 131 cm³/mol. The number of nitrogens with two attached hydrogens (primary N) is 1. The van der Waals surface area contributed by atoms with Gasteiger partial charge in [-0.2, -0.15) is 4.98 Å². The SMILES string of the molecule is CN(C)Cc1c[nH]c2ccc(CNc3ncc(Cc4ccc5[nH]ccc5c4)c(N)n3)cc12. The molecule has 3 aromatic heterocycles.